The molecule has 0 saturated carbocycles. The zero-order chi connectivity index (χ0) is 19.7. The summed E-state index contributed by atoms with van der Waals surface area (Å²) in [6.45, 7) is 2.01. The molecule has 0 saturated heterocycles. The number of nitro groups is 1. The molecule has 0 radical (unpaired) electrons. The Hall–Kier alpha value is -4.08. The van der Waals surface area contributed by atoms with Gasteiger partial charge in [-0.1, -0.05) is 11.6 Å². The van der Waals surface area contributed by atoms with Crippen LogP contribution >= 0.6 is 0 Å². The van der Waals surface area contributed by atoms with Crippen molar-refractivity contribution in [3.63, 3.8) is 0 Å². The second-order valence-electron chi connectivity index (χ2n) is 6.07. The van der Waals surface area contributed by atoms with Crippen molar-refractivity contribution in [2.75, 3.05) is 12.5 Å². The predicted octanol–water partition coefficient (Wildman–Crippen LogP) is 3.18. The average Bonchev–Trinajstić information content (AvgIpc) is 3.04. The molecule has 28 heavy (non-hydrogen) atoms. The van der Waals surface area contributed by atoms with Gasteiger partial charge < -0.3 is 9.72 Å². The molecule has 2 N–H and O–H groups in total. The molecule has 2 aromatic carbocycles. The molecule has 4 aromatic rings. The summed E-state index contributed by atoms with van der Waals surface area (Å²) in [6, 6.07) is 10.5. The molecule has 0 aliphatic rings. The quantitative estimate of drug-likeness (QED) is 0.310. The molecule has 0 atom stereocenters. The molecule has 140 valence electrons. The summed E-state index contributed by atoms with van der Waals surface area (Å²) < 4.78 is 4.98. The molecular formula is C18H15N7O3. The number of nitrogens with one attached hydrogen (secondary N) is 2. The van der Waals surface area contributed by atoms with E-state index in [1.54, 1.807) is 6.07 Å². The fraction of sp³-hybridized carbons (Fsp3) is 0.111. The van der Waals surface area contributed by atoms with Gasteiger partial charge in [-0.3, -0.25) is 10.1 Å². The van der Waals surface area contributed by atoms with E-state index in [0.29, 0.717) is 16.7 Å². The number of hydrogen-bond donors (Lipinski definition) is 2. The maximum Gasteiger partial charge on any atom is 0.311 e. The van der Waals surface area contributed by atoms with E-state index in [1.807, 2.05) is 25.1 Å². The fourth-order valence-electron chi connectivity index (χ4n) is 2.83. The van der Waals surface area contributed by atoms with Gasteiger partial charge in [0, 0.05) is 22.5 Å². The SMILES string of the molecule is COc1ccc(/C=N/Nc2nnc3c(n2)[nH]c2ccc(C)cc23)cc1[N+](=O)[O-]. The van der Waals surface area contributed by atoms with Crippen molar-refractivity contribution in [3.8, 4) is 5.75 Å². The highest BCUT2D eigenvalue weighted by Gasteiger charge is 2.14. The predicted molar refractivity (Wildman–Crippen MR) is 105 cm³/mol. The van der Waals surface area contributed by atoms with E-state index in [0.717, 1.165) is 16.5 Å². The van der Waals surface area contributed by atoms with E-state index in [9.17, 15) is 10.1 Å². The number of anilines is 1. The first-order chi connectivity index (χ1) is 13.5. The van der Waals surface area contributed by atoms with Crippen molar-refractivity contribution < 1.29 is 9.66 Å². The van der Waals surface area contributed by atoms with Crippen molar-refractivity contribution in [1.29, 1.82) is 0 Å². The first-order valence-corrected chi connectivity index (χ1v) is 8.29. The Morgan fingerprint density at radius 1 is 1.25 bits per heavy atom. The lowest BCUT2D eigenvalue weighted by molar-refractivity contribution is -0.385. The van der Waals surface area contributed by atoms with Gasteiger partial charge in [0.15, 0.2) is 11.4 Å². The number of fused-ring (bicyclic) bond motifs is 3. The van der Waals surface area contributed by atoms with Gasteiger partial charge in [-0.15, -0.1) is 10.2 Å². The van der Waals surface area contributed by atoms with Crippen molar-refractivity contribution in [2.24, 2.45) is 5.10 Å². The van der Waals surface area contributed by atoms with Crippen molar-refractivity contribution in [2.45, 2.75) is 6.92 Å². The molecule has 0 aliphatic carbocycles. The molecular weight excluding hydrogens is 362 g/mol. The fourth-order valence-corrected chi connectivity index (χ4v) is 2.83. The van der Waals surface area contributed by atoms with Crippen LogP contribution < -0.4 is 10.2 Å². The summed E-state index contributed by atoms with van der Waals surface area (Å²) in [6.07, 6.45) is 1.43. The number of hydrazone groups is 1. The van der Waals surface area contributed by atoms with E-state index < -0.39 is 4.92 Å². The summed E-state index contributed by atoms with van der Waals surface area (Å²) in [5.74, 6) is 0.386. The largest absolute Gasteiger partial charge is 0.490 e. The number of benzene rings is 2. The second kappa shape index (κ2) is 6.91. The zero-order valence-electron chi connectivity index (χ0n) is 15.0. The van der Waals surface area contributed by atoms with Crippen LogP contribution in [0.5, 0.6) is 5.75 Å². The van der Waals surface area contributed by atoms with Crippen molar-refractivity contribution >= 4 is 39.9 Å². The minimum absolute atomic E-state index is 0.140. The van der Waals surface area contributed by atoms with Gasteiger partial charge in [0.1, 0.15) is 5.52 Å². The number of H-pyrrole nitrogens is 1. The van der Waals surface area contributed by atoms with Crippen LogP contribution in [-0.2, 0) is 0 Å². The third-order valence-corrected chi connectivity index (χ3v) is 4.15. The van der Waals surface area contributed by atoms with Gasteiger partial charge in [-0.2, -0.15) is 10.1 Å². The summed E-state index contributed by atoms with van der Waals surface area (Å²) in [5.41, 5.74) is 6.38. The van der Waals surface area contributed by atoms with E-state index in [2.05, 4.69) is 30.7 Å². The maximum absolute atomic E-state index is 11.1. The van der Waals surface area contributed by atoms with Gasteiger partial charge in [-0.05, 0) is 31.2 Å². The number of aromatic amines is 1. The van der Waals surface area contributed by atoms with Gasteiger partial charge in [0.25, 0.3) is 5.95 Å². The lowest BCUT2D eigenvalue weighted by Crippen LogP contribution is -1.99. The Bertz CT molecular complexity index is 1230. The molecule has 0 fully saturated rings. The molecule has 0 bridgehead atoms. The monoisotopic (exact) mass is 377 g/mol. The Morgan fingerprint density at radius 2 is 2.11 bits per heavy atom. The van der Waals surface area contributed by atoms with E-state index in [1.165, 1.54) is 25.5 Å². The highest BCUT2D eigenvalue weighted by molar-refractivity contribution is 6.03. The van der Waals surface area contributed by atoms with Crippen LogP contribution in [0.1, 0.15) is 11.1 Å². The number of methoxy groups -OCH3 is 1. The van der Waals surface area contributed by atoms with Crippen LogP contribution in [0, 0.1) is 17.0 Å². The third kappa shape index (κ3) is 3.18. The van der Waals surface area contributed by atoms with Crippen LogP contribution in [0.2, 0.25) is 0 Å². The number of hydrogen-bond acceptors (Lipinski definition) is 8. The van der Waals surface area contributed by atoms with Gasteiger partial charge in [0.2, 0.25) is 0 Å². The van der Waals surface area contributed by atoms with Crippen LogP contribution in [0.3, 0.4) is 0 Å². The molecule has 2 heterocycles. The standard InChI is InChI=1S/C18H15N7O3/c1-10-3-5-13-12(7-10)16-17(20-13)21-18(24-22-16)23-19-9-11-4-6-15(28-2)14(8-11)25(26)27/h3-9H,1-2H3,(H2,20,21,23,24)/b19-9+. The normalized spacial score (nSPS) is 11.4. The first kappa shape index (κ1) is 17.3. The van der Waals surface area contributed by atoms with E-state index in [4.69, 9.17) is 4.74 Å². The Kier molecular flexibility index (Phi) is 4.28. The third-order valence-electron chi connectivity index (χ3n) is 4.15. The van der Waals surface area contributed by atoms with E-state index >= 15 is 0 Å². The lowest BCUT2D eigenvalue weighted by atomic mass is 10.2. The van der Waals surface area contributed by atoms with Crippen LogP contribution in [0.4, 0.5) is 11.6 Å². The summed E-state index contributed by atoms with van der Waals surface area (Å²) in [7, 11) is 1.38. The van der Waals surface area contributed by atoms with Crippen LogP contribution in [-0.4, -0.2) is 38.4 Å². The zero-order valence-corrected chi connectivity index (χ0v) is 15.0. The van der Waals surface area contributed by atoms with Gasteiger partial charge in [0.05, 0.1) is 18.2 Å². The van der Waals surface area contributed by atoms with Crippen LogP contribution in [0.25, 0.3) is 22.1 Å². The van der Waals surface area contributed by atoms with Crippen LogP contribution in [0.15, 0.2) is 41.5 Å². The molecule has 4 rings (SSSR count). The Morgan fingerprint density at radius 3 is 2.89 bits per heavy atom. The van der Waals surface area contributed by atoms with Gasteiger partial charge >= 0.3 is 5.69 Å². The highest BCUT2D eigenvalue weighted by atomic mass is 16.6. The molecule has 10 heteroatoms. The lowest BCUT2D eigenvalue weighted by Gasteiger charge is -2.02. The molecule has 0 spiro atoms. The second-order valence-corrected chi connectivity index (χ2v) is 6.07. The molecule has 0 aliphatic heterocycles. The number of aryl methyl sites for hydroxylation is 1. The first-order valence-electron chi connectivity index (χ1n) is 8.29. The van der Waals surface area contributed by atoms with Gasteiger partial charge in [-0.25, -0.2) is 5.43 Å². The number of ether oxygens (including phenoxy) is 1. The minimum atomic E-state index is -0.512. The Balaban J connectivity index is 1.58. The minimum Gasteiger partial charge on any atom is -0.490 e. The number of nitrogens with zero attached hydrogens (tertiary/aromatic N) is 5. The number of rotatable bonds is 5. The summed E-state index contributed by atoms with van der Waals surface area (Å²) in [5, 5.41) is 24.3. The van der Waals surface area contributed by atoms with E-state index in [-0.39, 0.29) is 17.4 Å². The number of aromatic nitrogens is 4. The molecule has 10 nitrogen and oxygen atoms in total. The smallest absolute Gasteiger partial charge is 0.311 e. The molecule has 2 aromatic heterocycles. The highest BCUT2D eigenvalue weighted by Crippen LogP contribution is 2.27. The Labute approximate surface area is 158 Å². The molecule has 0 amide bonds. The summed E-state index contributed by atoms with van der Waals surface area (Å²) >= 11 is 0. The maximum atomic E-state index is 11.1. The topological polar surface area (TPSA) is 131 Å². The number of nitro benzene ring substituents is 1. The summed E-state index contributed by atoms with van der Waals surface area (Å²) in [4.78, 5) is 18.1. The molecule has 0 unspecified atom stereocenters. The van der Waals surface area contributed by atoms with Crippen molar-refractivity contribution in [3.05, 3.63) is 57.6 Å². The average molecular weight is 377 g/mol. The van der Waals surface area contributed by atoms with Crippen molar-refractivity contribution in [1.82, 2.24) is 20.2 Å².